The highest BCUT2D eigenvalue weighted by molar-refractivity contribution is 5.96. The van der Waals surface area contributed by atoms with Crippen molar-refractivity contribution in [1.29, 1.82) is 0 Å². The van der Waals surface area contributed by atoms with Crippen LogP contribution in [-0.2, 0) is 13.0 Å². The van der Waals surface area contributed by atoms with E-state index in [0.29, 0.717) is 53.7 Å². The summed E-state index contributed by atoms with van der Waals surface area (Å²) in [7, 11) is 0. The van der Waals surface area contributed by atoms with E-state index in [9.17, 15) is 9.59 Å². The van der Waals surface area contributed by atoms with E-state index in [-0.39, 0.29) is 11.5 Å². The predicted octanol–water partition coefficient (Wildman–Crippen LogP) is 0.398. The van der Waals surface area contributed by atoms with Gasteiger partial charge in [-0.05, 0) is 19.9 Å². The van der Waals surface area contributed by atoms with Gasteiger partial charge in [-0.3, -0.25) is 14.2 Å². The molecule has 0 aromatic carbocycles. The molecule has 9 nitrogen and oxygen atoms in total. The first-order chi connectivity index (χ1) is 12.0. The highest BCUT2D eigenvalue weighted by Crippen LogP contribution is 2.16. The summed E-state index contributed by atoms with van der Waals surface area (Å²) < 4.78 is 1.77. The number of pyridine rings is 1. The van der Waals surface area contributed by atoms with E-state index >= 15 is 0 Å². The number of aromatic amines is 1. The fourth-order valence-corrected chi connectivity index (χ4v) is 2.62. The van der Waals surface area contributed by atoms with Crippen LogP contribution in [0.4, 0.5) is 5.95 Å². The second-order valence-electron chi connectivity index (χ2n) is 5.62. The van der Waals surface area contributed by atoms with Gasteiger partial charge in [-0.1, -0.05) is 0 Å². The number of hydrogen-bond acceptors (Lipinski definition) is 6. The quantitative estimate of drug-likeness (QED) is 0.615. The van der Waals surface area contributed by atoms with Crippen molar-refractivity contribution in [3.05, 3.63) is 45.8 Å². The Bertz CT molecular complexity index is 990. The van der Waals surface area contributed by atoms with E-state index in [1.54, 1.807) is 17.6 Å². The van der Waals surface area contributed by atoms with Gasteiger partial charge in [0.15, 0.2) is 5.65 Å². The maximum atomic E-state index is 12.3. The Labute approximate surface area is 143 Å². The number of nitrogens with zero attached hydrogens (tertiary/aromatic N) is 4. The molecule has 3 aromatic rings. The number of hydrogen-bond donors (Lipinski definition) is 3. The van der Waals surface area contributed by atoms with E-state index < -0.39 is 0 Å². The molecular weight excluding hydrogens is 322 g/mol. The summed E-state index contributed by atoms with van der Waals surface area (Å²) in [6.45, 7) is 4.69. The Morgan fingerprint density at radius 1 is 1.36 bits per heavy atom. The summed E-state index contributed by atoms with van der Waals surface area (Å²) in [5, 5.41) is 2.78. The van der Waals surface area contributed by atoms with Gasteiger partial charge in [0.2, 0.25) is 5.95 Å². The van der Waals surface area contributed by atoms with Gasteiger partial charge in [-0.25, -0.2) is 15.0 Å². The molecule has 0 radical (unpaired) electrons. The van der Waals surface area contributed by atoms with Crippen LogP contribution >= 0.6 is 0 Å². The third-order valence-corrected chi connectivity index (χ3v) is 3.76. The molecule has 0 unspecified atom stereocenters. The zero-order valence-corrected chi connectivity index (χ0v) is 14.0. The smallest absolute Gasteiger partial charge is 0.252 e. The van der Waals surface area contributed by atoms with Gasteiger partial charge in [0.1, 0.15) is 11.3 Å². The number of amides is 1. The van der Waals surface area contributed by atoms with Gasteiger partial charge in [0.25, 0.3) is 11.5 Å². The average molecular weight is 341 g/mol. The van der Waals surface area contributed by atoms with Gasteiger partial charge < -0.3 is 16.0 Å². The number of nitrogens with one attached hydrogen (secondary N) is 2. The molecule has 25 heavy (non-hydrogen) atoms. The molecule has 0 aliphatic carbocycles. The minimum Gasteiger partial charge on any atom is -0.369 e. The lowest BCUT2D eigenvalue weighted by atomic mass is 10.2. The SMILES string of the molecule is CCn1c(N)nc2cc(C(=O)NCCc3nc(C)cc(=O)[nH]3)cnc21. The molecule has 1 amide bonds. The number of aryl methyl sites for hydroxylation is 2. The van der Waals surface area contributed by atoms with Crippen molar-refractivity contribution >= 4 is 23.0 Å². The van der Waals surface area contributed by atoms with Crippen LogP contribution in [0.1, 0.15) is 28.8 Å². The van der Waals surface area contributed by atoms with Gasteiger partial charge in [0, 0.05) is 37.5 Å². The van der Waals surface area contributed by atoms with E-state index in [1.807, 2.05) is 6.92 Å². The zero-order chi connectivity index (χ0) is 18.0. The fourth-order valence-electron chi connectivity index (χ4n) is 2.62. The minimum absolute atomic E-state index is 0.201. The van der Waals surface area contributed by atoms with Crippen LogP contribution < -0.4 is 16.6 Å². The lowest BCUT2D eigenvalue weighted by Crippen LogP contribution is -2.27. The van der Waals surface area contributed by atoms with Crippen molar-refractivity contribution < 1.29 is 4.79 Å². The standard InChI is InChI=1S/C16H19N7O2/c1-3-23-14-11(21-16(23)17)7-10(8-19-14)15(25)18-5-4-12-20-9(2)6-13(24)22-12/h6-8H,3-5H2,1-2H3,(H2,17,21)(H,18,25)(H,20,22,24). The molecule has 0 spiro atoms. The van der Waals surface area contributed by atoms with Crippen LogP contribution in [-0.4, -0.2) is 37.0 Å². The van der Waals surface area contributed by atoms with Crippen molar-refractivity contribution in [1.82, 2.24) is 29.8 Å². The number of nitrogens with two attached hydrogens (primary N) is 1. The topological polar surface area (TPSA) is 132 Å². The first-order valence-corrected chi connectivity index (χ1v) is 7.94. The lowest BCUT2D eigenvalue weighted by Gasteiger charge is -2.06. The van der Waals surface area contributed by atoms with Gasteiger partial charge in [-0.2, -0.15) is 0 Å². The molecule has 3 heterocycles. The first-order valence-electron chi connectivity index (χ1n) is 7.94. The molecule has 0 aliphatic heterocycles. The number of H-pyrrole nitrogens is 1. The second-order valence-corrected chi connectivity index (χ2v) is 5.62. The van der Waals surface area contributed by atoms with E-state index in [1.165, 1.54) is 12.3 Å². The number of nitrogen functional groups attached to an aromatic ring is 1. The molecule has 0 bridgehead atoms. The van der Waals surface area contributed by atoms with Crippen LogP contribution in [0.25, 0.3) is 11.2 Å². The number of carbonyl (C=O) groups is 1. The number of imidazole rings is 1. The third kappa shape index (κ3) is 3.49. The van der Waals surface area contributed by atoms with Gasteiger partial charge in [0.05, 0.1) is 5.56 Å². The van der Waals surface area contributed by atoms with Crippen LogP contribution in [0.3, 0.4) is 0 Å². The average Bonchev–Trinajstić information content (AvgIpc) is 2.87. The van der Waals surface area contributed by atoms with Crippen LogP contribution in [0.5, 0.6) is 0 Å². The summed E-state index contributed by atoms with van der Waals surface area (Å²) in [5.74, 6) is 0.638. The second kappa shape index (κ2) is 6.71. The molecule has 130 valence electrons. The van der Waals surface area contributed by atoms with E-state index in [4.69, 9.17) is 5.73 Å². The molecule has 0 saturated carbocycles. The predicted molar refractivity (Wildman–Crippen MR) is 93.2 cm³/mol. The molecule has 0 atom stereocenters. The maximum absolute atomic E-state index is 12.3. The van der Waals surface area contributed by atoms with Crippen molar-refractivity contribution in [2.45, 2.75) is 26.8 Å². The number of aromatic nitrogens is 5. The molecule has 3 rings (SSSR count). The summed E-state index contributed by atoms with van der Waals surface area (Å²) in [6.07, 6.45) is 1.92. The Morgan fingerprint density at radius 2 is 2.16 bits per heavy atom. The summed E-state index contributed by atoms with van der Waals surface area (Å²) >= 11 is 0. The summed E-state index contributed by atoms with van der Waals surface area (Å²) in [5.41, 5.74) is 7.91. The van der Waals surface area contributed by atoms with Crippen molar-refractivity contribution in [3.63, 3.8) is 0 Å². The molecule has 0 aliphatic rings. The normalized spacial score (nSPS) is 11.0. The molecule has 0 fully saturated rings. The largest absolute Gasteiger partial charge is 0.369 e. The van der Waals surface area contributed by atoms with Crippen molar-refractivity contribution in [3.8, 4) is 0 Å². The number of anilines is 1. The molecular formula is C16H19N7O2. The van der Waals surface area contributed by atoms with E-state index in [2.05, 4.69) is 25.3 Å². The van der Waals surface area contributed by atoms with Gasteiger partial charge >= 0.3 is 0 Å². The Morgan fingerprint density at radius 3 is 2.88 bits per heavy atom. The molecule has 3 aromatic heterocycles. The van der Waals surface area contributed by atoms with E-state index in [0.717, 1.165) is 0 Å². The minimum atomic E-state index is -0.269. The van der Waals surface area contributed by atoms with Crippen LogP contribution in [0.2, 0.25) is 0 Å². The van der Waals surface area contributed by atoms with Gasteiger partial charge in [-0.15, -0.1) is 0 Å². The number of carbonyl (C=O) groups excluding carboxylic acids is 1. The Balaban J connectivity index is 1.68. The maximum Gasteiger partial charge on any atom is 0.252 e. The zero-order valence-electron chi connectivity index (χ0n) is 14.0. The van der Waals surface area contributed by atoms with Crippen LogP contribution in [0, 0.1) is 6.92 Å². The monoisotopic (exact) mass is 341 g/mol. The highest BCUT2D eigenvalue weighted by Gasteiger charge is 2.12. The first kappa shape index (κ1) is 16.6. The number of fused-ring (bicyclic) bond motifs is 1. The van der Waals surface area contributed by atoms with Crippen molar-refractivity contribution in [2.24, 2.45) is 0 Å². The third-order valence-electron chi connectivity index (χ3n) is 3.76. The Kier molecular flexibility index (Phi) is 4.46. The fraction of sp³-hybridized carbons (Fsp3) is 0.312. The molecule has 0 saturated heterocycles. The summed E-state index contributed by atoms with van der Waals surface area (Å²) in [6, 6.07) is 3.08. The highest BCUT2D eigenvalue weighted by atomic mass is 16.1. The van der Waals surface area contributed by atoms with Crippen molar-refractivity contribution in [2.75, 3.05) is 12.3 Å². The molecule has 9 heteroatoms. The lowest BCUT2D eigenvalue weighted by molar-refractivity contribution is 0.0954. The van der Waals surface area contributed by atoms with Crippen LogP contribution in [0.15, 0.2) is 23.1 Å². The molecule has 4 N–H and O–H groups in total. The Hall–Kier alpha value is -3.23. The summed E-state index contributed by atoms with van der Waals surface area (Å²) in [4.78, 5) is 39.0. The number of rotatable bonds is 5.